The van der Waals surface area contributed by atoms with Crippen LogP contribution in [0.2, 0.25) is 0 Å². The summed E-state index contributed by atoms with van der Waals surface area (Å²) in [6, 6.07) is 14.3. The highest BCUT2D eigenvalue weighted by Gasteiger charge is 2.18. The van der Waals surface area contributed by atoms with Gasteiger partial charge < -0.3 is 16.0 Å². The van der Waals surface area contributed by atoms with Crippen molar-refractivity contribution >= 4 is 23.4 Å². The second kappa shape index (κ2) is 9.52. The second-order valence-electron chi connectivity index (χ2n) is 6.45. The number of nitrogens with one attached hydrogen (secondary N) is 3. The number of carbonyl (C=O) groups is 3. The zero-order chi connectivity index (χ0) is 19.8. The van der Waals surface area contributed by atoms with Gasteiger partial charge in [0, 0.05) is 12.6 Å². The highest BCUT2D eigenvalue weighted by atomic mass is 16.2. The van der Waals surface area contributed by atoms with Crippen molar-refractivity contribution in [1.82, 2.24) is 10.6 Å². The van der Waals surface area contributed by atoms with Gasteiger partial charge in [-0.15, -0.1) is 0 Å². The van der Waals surface area contributed by atoms with Crippen LogP contribution in [-0.2, 0) is 16.1 Å². The van der Waals surface area contributed by atoms with Gasteiger partial charge in [0.25, 0.3) is 5.91 Å². The van der Waals surface area contributed by atoms with E-state index in [0.717, 1.165) is 17.5 Å². The maximum atomic E-state index is 12.5. The fourth-order valence-corrected chi connectivity index (χ4v) is 2.34. The maximum Gasteiger partial charge on any atom is 0.313 e. The van der Waals surface area contributed by atoms with E-state index in [-0.39, 0.29) is 11.9 Å². The highest BCUT2D eigenvalue weighted by Crippen LogP contribution is 2.15. The van der Waals surface area contributed by atoms with Gasteiger partial charge in [0.05, 0.1) is 11.3 Å². The van der Waals surface area contributed by atoms with Crippen LogP contribution in [-0.4, -0.2) is 23.8 Å². The van der Waals surface area contributed by atoms with Crippen molar-refractivity contribution in [3.8, 4) is 0 Å². The first kappa shape index (κ1) is 20.2. The number of hydrogen-bond donors (Lipinski definition) is 3. The number of amides is 3. The summed E-state index contributed by atoms with van der Waals surface area (Å²) >= 11 is 0. The molecule has 0 aliphatic carbocycles. The smallest absolute Gasteiger partial charge is 0.313 e. The number of benzene rings is 2. The minimum absolute atomic E-state index is 0.101. The Hall–Kier alpha value is -3.15. The molecule has 0 unspecified atom stereocenters. The first-order valence-electron chi connectivity index (χ1n) is 8.95. The SMILES string of the molecule is CC[C@H](C)NC(=O)C(=O)Nc1ccccc1C(=O)NCc1ccc(C)cc1. The molecule has 0 saturated carbocycles. The summed E-state index contributed by atoms with van der Waals surface area (Å²) in [5.74, 6) is -1.85. The molecule has 142 valence electrons. The number of anilines is 1. The summed E-state index contributed by atoms with van der Waals surface area (Å²) < 4.78 is 0. The molecule has 3 amide bonds. The molecule has 0 heterocycles. The first-order valence-corrected chi connectivity index (χ1v) is 8.95. The summed E-state index contributed by atoms with van der Waals surface area (Å²) in [4.78, 5) is 36.5. The predicted octanol–water partition coefficient (Wildman–Crippen LogP) is 2.78. The first-order chi connectivity index (χ1) is 12.9. The van der Waals surface area contributed by atoms with Crippen LogP contribution in [0.1, 0.15) is 41.8 Å². The molecule has 27 heavy (non-hydrogen) atoms. The largest absolute Gasteiger partial charge is 0.348 e. The Labute approximate surface area is 159 Å². The van der Waals surface area contributed by atoms with Crippen LogP contribution < -0.4 is 16.0 Å². The van der Waals surface area contributed by atoms with E-state index in [9.17, 15) is 14.4 Å². The second-order valence-corrected chi connectivity index (χ2v) is 6.45. The molecule has 2 aromatic rings. The molecule has 0 saturated heterocycles. The summed E-state index contributed by atoms with van der Waals surface area (Å²) in [7, 11) is 0. The third-order valence-corrected chi connectivity index (χ3v) is 4.19. The molecule has 0 aliphatic rings. The average Bonchev–Trinajstić information content (AvgIpc) is 2.67. The van der Waals surface area contributed by atoms with Crippen molar-refractivity contribution in [3.63, 3.8) is 0 Å². The normalized spacial score (nSPS) is 11.4. The molecule has 6 heteroatoms. The third kappa shape index (κ3) is 5.95. The van der Waals surface area contributed by atoms with Gasteiger partial charge in [0.2, 0.25) is 0 Å². The highest BCUT2D eigenvalue weighted by molar-refractivity contribution is 6.40. The van der Waals surface area contributed by atoms with E-state index in [4.69, 9.17) is 0 Å². The van der Waals surface area contributed by atoms with Crippen molar-refractivity contribution in [3.05, 3.63) is 65.2 Å². The molecule has 0 radical (unpaired) electrons. The van der Waals surface area contributed by atoms with E-state index in [2.05, 4.69) is 16.0 Å². The molecule has 3 N–H and O–H groups in total. The fourth-order valence-electron chi connectivity index (χ4n) is 2.34. The summed E-state index contributed by atoms with van der Waals surface area (Å²) in [5, 5.41) is 7.94. The van der Waals surface area contributed by atoms with E-state index in [0.29, 0.717) is 17.8 Å². The van der Waals surface area contributed by atoms with Crippen molar-refractivity contribution in [2.45, 2.75) is 39.8 Å². The number of hydrogen-bond acceptors (Lipinski definition) is 3. The van der Waals surface area contributed by atoms with Crippen molar-refractivity contribution < 1.29 is 14.4 Å². The lowest BCUT2D eigenvalue weighted by Crippen LogP contribution is -2.40. The molecule has 6 nitrogen and oxygen atoms in total. The zero-order valence-corrected chi connectivity index (χ0v) is 15.8. The molecule has 0 bridgehead atoms. The Morgan fingerprint density at radius 2 is 1.63 bits per heavy atom. The number of rotatable bonds is 6. The van der Waals surface area contributed by atoms with Gasteiger partial charge in [0.15, 0.2) is 0 Å². The molecule has 0 aliphatic heterocycles. The predicted molar refractivity (Wildman–Crippen MR) is 105 cm³/mol. The summed E-state index contributed by atoms with van der Waals surface area (Å²) in [6.07, 6.45) is 0.719. The summed E-state index contributed by atoms with van der Waals surface area (Å²) in [6.45, 7) is 6.10. The molecular weight excluding hydrogens is 342 g/mol. The van der Waals surface area contributed by atoms with Crippen molar-refractivity contribution in [1.29, 1.82) is 0 Å². The van der Waals surface area contributed by atoms with Crippen LogP contribution in [0.3, 0.4) is 0 Å². The van der Waals surface area contributed by atoms with E-state index >= 15 is 0 Å². The Morgan fingerprint density at radius 3 is 2.30 bits per heavy atom. The van der Waals surface area contributed by atoms with E-state index in [1.54, 1.807) is 24.3 Å². The van der Waals surface area contributed by atoms with Crippen LogP contribution in [0.25, 0.3) is 0 Å². The zero-order valence-electron chi connectivity index (χ0n) is 15.8. The van der Waals surface area contributed by atoms with Gasteiger partial charge in [-0.2, -0.15) is 0 Å². The fraction of sp³-hybridized carbons (Fsp3) is 0.286. The lowest BCUT2D eigenvalue weighted by molar-refractivity contribution is -0.136. The quantitative estimate of drug-likeness (QED) is 0.686. The molecule has 2 aromatic carbocycles. The van der Waals surface area contributed by atoms with Gasteiger partial charge in [-0.25, -0.2) is 0 Å². The standard InChI is InChI=1S/C21H25N3O3/c1-4-15(3)23-20(26)21(27)24-18-8-6-5-7-17(18)19(25)22-13-16-11-9-14(2)10-12-16/h5-12,15H,4,13H2,1-3H3,(H,22,25)(H,23,26)(H,24,27)/t15-/m0/s1. The minimum atomic E-state index is -0.797. The Balaban J connectivity index is 2.03. The Kier molecular flexibility index (Phi) is 7.11. The van der Waals surface area contributed by atoms with Crippen LogP contribution in [0, 0.1) is 6.92 Å². The van der Waals surface area contributed by atoms with Gasteiger partial charge in [0.1, 0.15) is 0 Å². The van der Waals surface area contributed by atoms with Crippen LogP contribution >= 0.6 is 0 Å². The molecule has 0 fully saturated rings. The minimum Gasteiger partial charge on any atom is -0.348 e. The monoisotopic (exact) mass is 367 g/mol. The Morgan fingerprint density at radius 1 is 0.963 bits per heavy atom. The lowest BCUT2D eigenvalue weighted by atomic mass is 10.1. The molecule has 0 spiro atoms. The number of para-hydroxylation sites is 1. The average molecular weight is 367 g/mol. The number of carbonyl (C=O) groups excluding carboxylic acids is 3. The van der Waals surface area contributed by atoms with Gasteiger partial charge >= 0.3 is 11.8 Å². The molecule has 0 aromatic heterocycles. The molecular formula is C21H25N3O3. The maximum absolute atomic E-state index is 12.5. The molecule has 1 atom stereocenters. The molecule has 2 rings (SSSR count). The van der Waals surface area contributed by atoms with E-state index in [1.165, 1.54) is 0 Å². The summed E-state index contributed by atoms with van der Waals surface area (Å²) in [5.41, 5.74) is 2.72. The van der Waals surface area contributed by atoms with Crippen LogP contribution in [0.4, 0.5) is 5.69 Å². The van der Waals surface area contributed by atoms with Gasteiger partial charge in [-0.05, 0) is 38.0 Å². The van der Waals surface area contributed by atoms with Crippen molar-refractivity contribution in [2.75, 3.05) is 5.32 Å². The number of aryl methyl sites for hydroxylation is 1. The van der Waals surface area contributed by atoms with Crippen LogP contribution in [0.15, 0.2) is 48.5 Å². The van der Waals surface area contributed by atoms with E-state index < -0.39 is 11.8 Å². The lowest BCUT2D eigenvalue weighted by Gasteiger charge is -2.13. The van der Waals surface area contributed by atoms with E-state index in [1.807, 2.05) is 45.0 Å². The van der Waals surface area contributed by atoms with Crippen molar-refractivity contribution in [2.24, 2.45) is 0 Å². The van der Waals surface area contributed by atoms with Crippen LogP contribution in [0.5, 0.6) is 0 Å². The van der Waals surface area contributed by atoms with Gasteiger partial charge in [-0.1, -0.05) is 48.9 Å². The third-order valence-electron chi connectivity index (χ3n) is 4.19. The van der Waals surface area contributed by atoms with Gasteiger partial charge in [-0.3, -0.25) is 14.4 Å². The topological polar surface area (TPSA) is 87.3 Å². The Bertz CT molecular complexity index is 816.